The van der Waals surface area contributed by atoms with Crippen molar-refractivity contribution in [1.82, 2.24) is 5.32 Å². The number of rotatable bonds is 4. The number of ether oxygens (including phenoxy) is 2. The molecule has 1 N–H and O–H groups in total. The summed E-state index contributed by atoms with van der Waals surface area (Å²) in [6.07, 6.45) is 0. The van der Waals surface area contributed by atoms with Gasteiger partial charge < -0.3 is 14.8 Å². The SMILES string of the molecule is COC(=O)c1ccc(C(=O)NCC(=O)OC(C)(C)C)cc1C. The first-order valence-electron chi connectivity index (χ1n) is 6.83. The van der Waals surface area contributed by atoms with Crippen molar-refractivity contribution in [3.05, 3.63) is 34.9 Å². The van der Waals surface area contributed by atoms with Crippen LogP contribution < -0.4 is 5.32 Å². The van der Waals surface area contributed by atoms with E-state index in [1.54, 1.807) is 33.8 Å². The van der Waals surface area contributed by atoms with Gasteiger partial charge in [-0.3, -0.25) is 9.59 Å². The number of nitrogens with one attached hydrogen (secondary N) is 1. The fraction of sp³-hybridized carbons (Fsp3) is 0.438. The van der Waals surface area contributed by atoms with E-state index in [1.165, 1.54) is 19.2 Å². The normalized spacial score (nSPS) is 10.8. The number of carbonyl (C=O) groups is 3. The minimum absolute atomic E-state index is 0.214. The number of amides is 1. The summed E-state index contributed by atoms with van der Waals surface area (Å²) >= 11 is 0. The van der Waals surface area contributed by atoms with Crippen LogP contribution in [0, 0.1) is 6.92 Å². The summed E-state index contributed by atoms with van der Waals surface area (Å²) in [7, 11) is 1.29. The zero-order chi connectivity index (χ0) is 16.9. The molecule has 1 rings (SSSR count). The standard InChI is InChI=1S/C16H21NO5/c1-10-8-11(6-7-12(10)15(20)21-5)14(19)17-9-13(18)22-16(2,3)4/h6-8H,9H2,1-5H3,(H,17,19). The van der Waals surface area contributed by atoms with E-state index in [-0.39, 0.29) is 6.54 Å². The summed E-state index contributed by atoms with van der Waals surface area (Å²) in [6, 6.07) is 4.59. The third-order valence-electron chi connectivity index (χ3n) is 2.71. The first kappa shape index (κ1) is 17.7. The highest BCUT2D eigenvalue weighted by Crippen LogP contribution is 2.12. The first-order chi connectivity index (χ1) is 10.1. The van der Waals surface area contributed by atoms with Gasteiger partial charge in [0.05, 0.1) is 12.7 Å². The minimum Gasteiger partial charge on any atom is -0.465 e. The molecule has 0 aliphatic heterocycles. The Hall–Kier alpha value is -2.37. The highest BCUT2D eigenvalue weighted by Gasteiger charge is 2.17. The van der Waals surface area contributed by atoms with Crippen molar-refractivity contribution in [3.63, 3.8) is 0 Å². The molecule has 1 aromatic rings. The molecule has 1 aromatic carbocycles. The maximum atomic E-state index is 12.0. The van der Waals surface area contributed by atoms with E-state index in [0.717, 1.165) is 0 Å². The molecule has 0 fully saturated rings. The van der Waals surface area contributed by atoms with Crippen LogP contribution in [-0.4, -0.2) is 37.1 Å². The Bertz CT molecular complexity index is 587. The van der Waals surface area contributed by atoms with Crippen LogP contribution >= 0.6 is 0 Å². The van der Waals surface area contributed by atoms with Crippen molar-refractivity contribution in [1.29, 1.82) is 0 Å². The monoisotopic (exact) mass is 307 g/mol. The highest BCUT2D eigenvalue weighted by molar-refractivity contribution is 5.98. The molecule has 0 aliphatic rings. The lowest BCUT2D eigenvalue weighted by molar-refractivity contribution is -0.153. The van der Waals surface area contributed by atoms with Crippen molar-refractivity contribution < 1.29 is 23.9 Å². The van der Waals surface area contributed by atoms with E-state index >= 15 is 0 Å². The average Bonchev–Trinajstić information content (AvgIpc) is 2.42. The molecule has 0 saturated carbocycles. The van der Waals surface area contributed by atoms with Gasteiger partial charge >= 0.3 is 11.9 Å². The fourth-order valence-electron chi connectivity index (χ4n) is 1.78. The first-order valence-corrected chi connectivity index (χ1v) is 6.83. The van der Waals surface area contributed by atoms with Crippen LogP contribution in [0.2, 0.25) is 0 Å². The second kappa shape index (κ2) is 7.06. The second-order valence-electron chi connectivity index (χ2n) is 5.79. The molecular weight excluding hydrogens is 286 g/mol. The van der Waals surface area contributed by atoms with Gasteiger partial charge in [0.2, 0.25) is 0 Å². The third kappa shape index (κ3) is 5.20. The van der Waals surface area contributed by atoms with Crippen molar-refractivity contribution in [2.75, 3.05) is 13.7 Å². The van der Waals surface area contributed by atoms with Crippen molar-refractivity contribution in [2.45, 2.75) is 33.3 Å². The molecule has 0 radical (unpaired) electrons. The number of carbonyl (C=O) groups excluding carboxylic acids is 3. The van der Waals surface area contributed by atoms with Crippen LogP contribution in [0.1, 0.15) is 47.1 Å². The molecule has 0 saturated heterocycles. The zero-order valence-electron chi connectivity index (χ0n) is 13.5. The van der Waals surface area contributed by atoms with Gasteiger partial charge in [0.25, 0.3) is 5.91 Å². The number of hydrogen-bond acceptors (Lipinski definition) is 5. The lowest BCUT2D eigenvalue weighted by Gasteiger charge is -2.19. The van der Waals surface area contributed by atoms with Gasteiger partial charge in [-0.25, -0.2) is 4.79 Å². The molecule has 0 atom stereocenters. The fourth-order valence-corrected chi connectivity index (χ4v) is 1.78. The van der Waals surface area contributed by atoms with Crippen molar-refractivity contribution >= 4 is 17.8 Å². The topological polar surface area (TPSA) is 81.7 Å². The van der Waals surface area contributed by atoms with Crippen molar-refractivity contribution in [3.8, 4) is 0 Å². The quantitative estimate of drug-likeness (QED) is 0.859. The largest absolute Gasteiger partial charge is 0.465 e. The van der Waals surface area contributed by atoms with E-state index in [2.05, 4.69) is 10.1 Å². The summed E-state index contributed by atoms with van der Waals surface area (Å²) in [6.45, 7) is 6.75. The number of methoxy groups -OCH3 is 1. The molecule has 0 bridgehead atoms. The van der Waals surface area contributed by atoms with Crippen LogP contribution in [0.15, 0.2) is 18.2 Å². The minimum atomic E-state index is -0.597. The summed E-state index contributed by atoms with van der Waals surface area (Å²) in [5, 5.41) is 2.48. The number of aryl methyl sites for hydroxylation is 1. The van der Waals surface area contributed by atoms with E-state index < -0.39 is 23.4 Å². The molecule has 0 spiro atoms. The summed E-state index contributed by atoms with van der Waals surface area (Å²) in [5.41, 5.74) is 0.775. The maximum Gasteiger partial charge on any atom is 0.338 e. The molecule has 120 valence electrons. The Kier molecular flexibility index (Phi) is 5.68. The van der Waals surface area contributed by atoms with Crippen molar-refractivity contribution in [2.24, 2.45) is 0 Å². The Morgan fingerprint density at radius 1 is 1.18 bits per heavy atom. The number of esters is 2. The summed E-state index contributed by atoms with van der Waals surface area (Å²) in [4.78, 5) is 35.0. The zero-order valence-corrected chi connectivity index (χ0v) is 13.5. The Labute approximate surface area is 129 Å². The van der Waals surface area contributed by atoms with Gasteiger partial charge in [-0.2, -0.15) is 0 Å². The third-order valence-corrected chi connectivity index (χ3v) is 2.71. The molecule has 0 heterocycles. The average molecular weight is 307 g/mol. The van der Waals surface area contributed by atoms with Crippen LogP contribution in [-0.2, 0) is 14.3 Å². The molecule has 0 unspecified atom stereocenters. The molecule has 0 aromatic heterocycles. The van der Waals surface area contributed by atoms with E-state index in [9.17, 15) is 14.4 Å². The van der Waals surface area contributed by atoms with E-state index in [1.807, 2.05) is 0 Å². The van der Waals surface area contributed by atoms with Crippen LogP contribution in [0.3, 0.4) is 0 Å². The van der Waals surface area contributed by atoms with E-state index in [0.29, 0.717) is 16.7 Å². The lowest BCUT2D eigenvalue weighted by atomic mass is 10.0. The molecule has 22 heavy (non-hydrogen) atoms. The van der Waals surface area contributed by atoms with Gasteiger partial charge in [0, 0.05) is 5.56 Å². The predicted molar refractivity (Wildman–Crippen MR) is 80.7 cm³/mol. The Balaban J connectivity index is 2.69. The molecule has 6 heteroatoms. The smallest absolute Gasteiger partial charge is 0.338 e. The number of benzene rings is 1. The van der Waals surface area contributed by atoms with Gasteiger partial charge in [0.1, 0.15) is 12.1 Å². The molecule has 0 aliphatic carbocycles. The van der Waals surface area contributed by atoms with Gasteiger partial charge in [-0.15, -0.1) is 0 Å². The molecular formula is C16H21NO5. The lowest BCUT2D eigenvalue weighted by Crippen LogP contribution is -2.34. The predicted octanol–water partition coefficient (Wildman–Crippen LogP) is 1.85. The Morgan fingerprint density at radius 3 is 2.32 bits per heavy atom. The van der Waals surface area contributed by atoms with Crippen LogP contribution in [0.4, 0.5) is 0 Å². The molecule has 6 nitrogen and oxygen atoms in total. The number of hydrogen-bond donors (Lipinski definition) is 1. The van der Waals surface area contributed by atoms with Gasteiger partial charge in [-0.05, 0) is 51.5 Å². The maximum absolute atomic E-state index is 12.0. The Morgan fingerprint density at radius 2 is 1.82 bits per heavy atom. The van der Waals surface area contributed by atoms with Crippen LogP contribution in [0.25, 0.3) is 0 Å². The second-order valence-corrected chi connectivity index (χ2v) is 5.79. The van der Waals surface area contributed by atoms with E-state index in [4.69, 9.17) is 4.74 Å². The van der Waals surface area contributed by atoms with Crippen LogP contribution in [0.5, 0.6) is 0 Å². The summed E-state index contributed by atoms with van der Waals surface area (Å²) < 4.78 is 9.74. The van der Waals surface area contributed by atoms with Gasteiger partial charge in [-0.1, -0.05) is 0 Å². The summed E-state index contributed by atoms with van der Waals surface area (Å²) in [5.74, 6) is -1.38. The highest BCUT2D eigenvalue weighted by atomic mass is 16.6. The molecule has 1 amide bonds. The van der Waals surface area contributed by atoms with Gasteiger partial charge in [0.15, 0.2) is 0 Å².